The molecule has 12 nitrogen and oxygen atoms in total. The lowest BCUT2D eigenvalue weighted by Gasteiger charge is -2.38. The number of nitrogens with zero attached hydrogens (tertiary/aromatic N) is 6. The van der Waals surface area contributed by atoms with Gasteiger partial charge in [-0.1, -0.05) is 12.1 Å². The summed E-state index contributed by atoms with van der Waals surface area (Å²) in [5, 5.41) is 0. The van der Waals surface area contributed by atoms with Crippen molar-refractivity contribution in [1.29, 1.82) is 0 Å². The Hall–Kier alpha value is -5.43. The zero-order chi connectivity index (χ0) is 33.1. The molecule has 2 N–H and O–H groups in total. The number of aliphatic imine (C=N–C) groups is 1. The summed E-state index contributed by atoms with van der Waals surface area (Å²) in [6.07, 6.45) is 1.94. The van der Waals surface area contributed by atoms with Gasteiger partial charge >= 0.3 is 0 Å². The van der Waals surface area contributed by atoms with Crippen LogP contribution >= 0.6 is 0 Å². The van der Waals surface area contributed by atoms with Crippen LogP contribution in [0.1, 0.15) is 16.7 Å². The molecule has 4 aromatic rings. The Morgan fingerprint density at radius 3 is 2.23 bits per heavy atom. The van der Waals surface area contributed by atoms with E-state index in [2.05, 4.69) is 24.8 Å². The third-order valence-electron chi connectivity index (χ3n) is 8.31. The quantitative estimate of drug-likeness (QED) is 0.271. The van der Waals surface area contributed by atoms with Crippen molar-refractivity contribution < 1.29 is 28.1 Å². The molecule has 1 amide bonds. The number of fused-ring (bicyclic) bond motifs is 1. The molecule has 0 saturated carbocycles. The molecule has 3 aromatic carbocycles. The second kappa shape index (κ2) is 13.5. The highest BCUT2D eigenvalue weighted by Crippen LogP contribution is 2.39. The first-order valence-electron chi connectivity index (χ1n) is 15.0. The van der Waals surface area contributed by atoms with Crippen LogP contribution in [0, 0.1) is 5.82 Å². The lowest BCUT2D eigenvalue weighted by molar-refractivity contribution is -0.112. The van der Waals surface area contributed by atoms with Crippen molar-refractivity contribution in [1.82, 2.24) is 14.9 Å². The third kappa shape index (κ3) is 6.34. The number of hydrogen-bond donors (Lipinski definition) is 1. The van der Waals surface area contributed by atoms with Gasteiger partial charge in [-0.2, -0.15) is 4.98 Å². The fourth-order valence-electron chi connectivity index (χ4n) is 5.91. The van der Waals surface area contributed by atoms with Crippen LogP contribution in [0.25, 0.3) is 0 Å². The Bertz CT molecular complexity index is 1800. The van der Waals surface area contributed by atoms with Crippen LogP contribution in [0.2, 0.25) is 0 Å². The van der Waals surface area contributed by atoms with Crippen LogP contribution in [0.3, 0.4) is 0 Å². The van der Waals surface area contributed by atoms with Crippen LogP contribution in [0.4, 0.5) is 27.5 Å². The topological polar surface area (TPSA) is 128 Å². The second-order valence-corrected chi connectivity index (χ2v) is 11.1. The molecular formula is C34H36FN7O5. The van der Waals surface area contributed by atoms with E-state index in [0.717, 1.165) is 43.2 Å². The number of piperazine rings is 1. The van der Waals surface area contributed by atoms with Gasteiger partial charge in [-0.25, -0.2) is 14.4 Å². The molecule has 0 aliphatic carbocycles. The SMILES string of the molecule is COc1ccccc1N1CCN(CN2C(=O)/C(=N\c3ncc(Cc4cc(OC)c(OC)c(OC)c4)c(N)n3)c3cc(F)ccc32)CC1. The number of nitrogens with two attached hydrogens (primary N) is 1. The number of carbonyl (C=O) groups is 1. The summed E-state index contributed by atoms with van der Waals surface area (Å²) in [7, 11) is 6.30. The van der Waals surface area contributed by atoms with E-state index in [1.54, 1.807) is 38.5 Å². The van der Waals surface area contributed by atoms with E-state index in [4.69, 9.17) is 24.7 Å². The summed E-state index contributed by atoms with van der Waals surface area (Å²) in [6, 6.07) is 15.8. The Kier molecular flexibility index (Phi) is 9.07. The Balaban J connectivity index is 1.20. The molecule has 2 aliphatic heterocycles. The van der Waals surface area contributed by atoms with E-state index in [1.165, 1.54) is 19.2 Å². The van der Waals surface area contributed by atoms with Gasteiger partial charge in [-0.3, -0.25) is 14.6 Å². The number of amides is 1. The Labute approximate surface area is 272 Å². The minimum Gasteiger partial charge on any atom is -0.495 e. The van der Waals surface area contributed by atoms with E-state index >= 15 is 0 Å². The molecule has 0 unspecified atom stereocenters. The number of methoxy groups -OCH3 is 4. The van der Waals surface area contributed by atoms with Crippen molar-refractivity contribution in [3.8, 4) is 23.0 Å². The molecule has 6 rings (SSSR count). The van der Waals surface area contributed by atoms with Crippen molar-refractivity contribution in [2.75, 3.05) is 76.8 Å². The standard InChI is InChI=1S/C34H36FN7O5/c1-44-27-8-6-5-7-26(27)41-13-11-40(12-14-41)20-42-25-10-9-23(35)18-24(25)30(33(42)43)38-34-37-19-22(32(36)39-34)15-21-16-28(45-2)31(47-4)29(17-21)46-3/h5-10,16-19H,11-15,20H2,1-4H3,(H2,36,37,39)/b38-30-. The first-order valence-corrected chi connectivity index (χ1v) is 15.0. The maximum absolute atomic E-state index is 14.4. The number of aromatic nitrogens is 2. The zero-order valence-electron chi connectivity index (χ0n) is 26.7. The number of ether oxygens (including phenoxy) is 4. The van der Waals surface area contributed by atoms with Gasteiger partial charge in [0.2, 0.25) is 5.75 Å². The molecule has 2 aliphatic rings. The Morgan fingerprint density at radius 1 is 0.872 bits per heavy atom. The average Bonchev–Trinajstić information content (AvgIpc) is 3.34. The molecule has 244 valence electrons. The van der Waals surface area contributed by atoms with Crippen molar-refractivity contribution in [2.45, 2.75) is 6.42 Å². The fraction of sp³-hybridized carbons (Fsp3) is 0.294. The van der Waals surface area contributed by atoms with Gasteiger partial charge in [0.05, 0.1) is 46.5 Å². The molecule has 0 atom stereocenters. The van der Waals surface area contributed by atoms with E-state index in [1.807, 2.05) is 36.4 Å². The van der Waals surface area contributed by atoms with Crippen LogP contribution in [0.5, 0.6) is 23.0 Å². The lowest BCUT2D eigenvalue weighted by Crippen LogP contribution is -2.51. The number of rotatable bonds is 10. The normalized spacial score (nSPS) is 15.6. The molecule has 13 heteroatoms. The zero-order valence-corrected chi connectivity index (χ0v) is 26.7. The van der Waals surface area contributed by atoms with E-state index < -0.39 is 5.82 Å². The highest BCUT2D eigenvalue weighted by molar-refractivity contribution is 6.54. The summed E-state index contributed by atoms with van der Waals surface area (Å²) in [5.41, 5.74) is 9.87. The molecule has 0 radical (unpaired) electrons. The minimum atomic E-state index is -0.474. The summed E-state index contributed by atoms with van der Waals surface area (Å²) in [4.78, 5) is 33.1. The number of halogens is 1. The van der Waals surface area contributed by atoms with Gasteiger partial charge in [-0.05, 0) is 48.0 Å². The van der Waals surface area contributed by atoms with Gasteiger partial charge in [0.1, 0.15) is 23.1 Å². The number of carbonyl (C=O) groups excluding carboxylic acids is 1. The lowest BCUT2D eigenvalue weighted by atomic mass is 10.1. The maximum Gasteiger partial charge on any atom is 0.278 e. The molecule has 47 heavy (non-hydrogen) atoms. The third-order valence-corrected chi connectivity index (χ3v) is 8.31. The average molecular weight is 642 g/mol. The van der Waals surface area contributed by atoms with E-state index in [9.17, 15) is 9.18 Å². The largest absolute Gasteiger partial charge is 0.495 e. The molecule has 3 heterocycles. The number of hydrogen-bond acceptors (Lipinski definition) is 11. The van der Waals surface area contributed by atoms with Crippen LogP contribution < -0.4 is 34.5 Å². The second-order valence-electron chi connectivity index (χ2n) is 11.1. The van der Waals surface area contributed by atoms with E-state index in [-0.39, 0.29) is 23.4 Å². The fourth-order valence-corrected chi connectivity index (χ4v) is 5.91. The molecule has 1 fully saturated rings. The monoisotopic (exact) mass is 641 g/mol. The van der Waals surface area contributed by atoms with Crippen molar-refractivity contribution in [2.24, 2.45) is 4.99 Å². The van der Waals surface area contributed by atoms with Crippen LogP contribution in [-0.2, 0) is 11.2 Å². The van der Waals surface area contributed by atoms with Crippen molar-refractivity contribution in [3.63, 3.8) is 0 Å². The molecule has 0 spiro atoms. The van der Waals surface area contributed by atoms with Crippen molar-refractivity contribution in [3.05, 3.63) is 83.3 Å². The number of benzene rings is 3. The maximum atomic E-state index is 14.4. The molecule has 0 bridgehead atoms. The number of para-hydroxylation sites is 2. The number of anilines is 3. The first-order chi connectivity index (χ1) is 22.8. The highest BCUT2D eigenvalue weighted by Gasteiger charge is 2.36. The van der Waals surface area contributed by atoms with Gasteiger partial charge in [0.15, 0.2) is 11.5 Å². The van der Waals surface area contributed by atoms with E-state index in [0.29, 0.717) is 47.2 Å². The summed E-state index contributed by atoms with van der Waals surface area (Å²) < 4.78 is 36.3. The summed E-state index contributed by atoms with van der Waals surface area (Å²) in [5.74, 6) is 1.69. The van der Waals surface area contributed by atoms with Crippen LogP contribution in [-0.4, -0.2) is 87.8 Å². The van der Waals surface area contributed by atoms with Gasteiger partial charge in [0, 0.05) is 49.9 Å². The predicted molar refractivity (Wildman–Crippen MR) is 177 cm³/mol. The minimum absolute atomic E-state index is 0.00183. The highest BCUT2D eigenvalue weighted by atomic mass is 19.1. The van der Waals surface area contributed by atoms with Gasteiger partial charge in [-0.15, -0.1) is 0 Å². The molecular weight excluding hydrogens is 605 g/mol. The smallest absolute Gasteiger partial charge is 0.278 e. The van der Waals surface area contributed by atoms with Gasteiger partial charge in [0.25, 0.3) is 11.9 Å². The molecule has 1 aromatic heterocycles. The van der Waals surface area contributed by atoms with Crippen molar-refractivity contribution >= 4 is 34.8 Å². The van der Waals surface area contributed by atoms with Gasteiger partial charge < -0.3 is 29.6 Å². The Morgan fingerprint density at radius 2 is 1.57 bits per heavy atom. The summed E-state index contributed by atoms with van der Waals surface area (Å²) in [6.45, 7) is 3.28. The summed E-state index contributed by atoms with van der Waals surface area (Å²) >= 11 is 0. The first kappa shape index (κ1) is 31.5. The molecule has 1 saturated heterocycles. The van der Waals surface area contributed by atoms with Crippen LogP contribution in [0.15, 0.2) is 65.8 Å². The predicted octanol–water partition coefficient (Wildman–Crippen LogP) is 4.07. The number of nitrogen functional groups attached to an aromatic ring is 1.